The predicted molar refractivity (Wildman–Crippen MR) is 90.5 cm³/mol. The molecule has 1 fully saturated rings. The van der Waals surface area contributed by atoms with Crippen molar-refractivity contribution in [2.24, 2.45) is 0 Å². The second-order valence-electron chi connectivity index (χ2n) is 6.75. The molecular weight excluding hydrogens is 338 g/mol. The summed E-state index contributed by atoms with van der Waals surface area (Å²) < 4.78 is 7.92. The molecule has 2 aliphatic rings. The van der Waals surface area contributed by atoms with Gasteiger partial charge in [0.05, 0.1) is 30.6 Å². The average Bonchev–Trinajstić information content (AvgIpc) is 3.11. The minimum absolute atomic E-state index is 0.130. The fraction of sp³-hybridized carbons (Fsp3) is 0.562. The number of carboxylic acid groups (broad SMARTS) is 1. The number of rotatable bonds is 5. The monoisotopic (exact) mass is 359 g/mol. The molecule has 1 N–H and O–H groups in total. The molecule has 0 unspecified atom stereocenters. The number of hydrogen-bond acceptors (Lipinski definition) is 8. The SMILES string of the molecule is CN(CC(=O)O)c1ncc(CN2CC[C@@H]3OCc4cnnn4[C@@H]3C2)cn1. The fourth-order valence-corrected chi connectivity index (χ4v) is 3.55. The zero-order chi connectivity index (χ0) is 18.1. The zero-order valence-corrected chi connectivity index (χ0v) is 14.5. The van der Waals surface area contributed by atoms with E-state index in [4.69, 9.17) is 9.84 Å². The highest BCUT2D eigenvalue weighted by Gasteiger charge is 2.36. The number of ether oxygens (including phenoxy) is 1. The van der Waals surface area contributed by atoms with Gasteiger partial charge in [0.25, 0.3) is 0 Å². The molecule has 0 spiro atoms. The van der Waals surface area contributed by atoms with Crippen LogP contribution in [-0.4, -0.2) is 73.7 Å². The topological polar surface area (TPSA) is 110 Å². The van der Waals surface area contributed by atoms with Crippen molar-refractivity contribution >= 4 is 11.9 Å². The first kappa shape index (κ1) is 16.9. The highest BCUT2D eigenvalue weighted by atomic mass is 16.5. The second kappa shape index (κ2) is 6.96. The summed E-state index contributed by atoms with van der Waals surface area (Å²) in [5.74, 6) is -0.506. The molecule has 2 aliphatic heterocycles. The van der Waals surface area contributed by atoms with Gasteiger partial charge in [0.15, 0.2) is 0 Å². The van der Waals surface area contributed by atoms with Crippen LogP contribution in [0.15, 0.2) is 18.6 Å². The number of hydrogen-bond donors (Lipinski definition) is 1. The summed E-state index contributed by atoms with van der Waals surface area (Å²) in [5, 5.41) is 17.1. The largest absolute Gasteiger partial charge is 0.480 e. The van der Waals surface area contributed by atoms with Crippen LogP contribution in [0.1, 0.15) is 23.7 Å². The summed E-state index contributed by atoms with van der Waals surface area (Å²) >= 11 is 0. The molecule has 4 rings (SSSR count). The van der Waals surface area contributed by atoms with Crippen LogP contribution >= 0.6 is 0 Å². The molecule has 0 aromatic carbocycles. The number of piperidine rings is 1. The van der Waals surface area contributed by atoms with Gasteiger partial charge in [-0.15, -0.1) is 5.10 Å². The minimum atomic E-state index is -0.912. The first-order valence-electron chi connectivity index (χ1n) is 8.57. The highest BCUT2D eigenvalue weighted by Crippen LogP contribution is 2.30. The third kappa shape index (κ3) is 3.37. The third-order valence-electron chi connectivity index (χ3n) is 4.82. The van der Waals surface area contributed by atoms with E-state index in [9.17, 15) is 4.79 Å². The summed E-state index contributed by atoms with van der Waals surface area (Å²) in [6.07, 6.45) is 6.40. The Hall–Kier alpha value is -2.59. The number of fused-ring (bicyclic) bond motifs is 3. The summed E-state index contributed by atoms with van der Waals surface area (Å²) in [4.78, 5) is 23.2. The van der Waals surface area contributed by atoms with Gasteiger partial charge in [-0.1, -0.05) is 5.21 Å². The van der Waals surface area contributed by atoms with E-state index in [1.807, 2.05) is 4.68 Å². The van der Waals surface area contributed by atoms with Gasteiger partial charge in [-0.3, -0.25) is 9.69 Å². The van der Waals surface area contributed by atoms with Gasteiger partial charge in [0, 0.05) is 44.6 Å². The van der Waals surface area contributed by atoms with Crippen molar-refractivity contribution in [2.45, 2.75) is 31.7 Å². The number of carboxylic acids is 1. The lowest BCUT2D eigenvalue weighted by atomic mass is 10.00. The smallest absolute Gasteiger partial charge is 0.323 e. The maximum atomic E-state index is 10.8. The highest BCUT2D eigenvalue weighted by molar-refractivity contribution is 5.72. The molecule has 2 atom stereocenters. The molecule has 10 heteroatoms. The Morgan fingerprint density at radius 2 is 2.19 bits per heavy atom. The quantitative estimate of drug-likeness (QED) is 0.784. The number of carbonyl (C=O) groups is 1. The van der Waals surface area contributed by atoms with E-state index >= 15 is 0 Å². The zero-order valence-electron chi connectivity index (χ0n) is 14.5. The third-order valence-corrected chi connectivity index (χ3v) is 4.82. The lowest BCUT2D eigenvalue weighted by Crippen LogP contribution is -2.47. The van der Waals surface area contributed by atoms with E-state index in [1.54, 1.807) is 25.6 Å². The molecule has 0 radical (unpaired) electrons. The number of nitrogens with zero attached hydrogens (tertiary/aromatic N) is 7. The van der Waals surface area contributed by atoms with Crippen LogP contribution in [0, 0.1) is 0 Å². The van der Waals surface area contributed by atoms with Crippen LogP contribution in [0.2, 0.25) is 0 Å². The van der Waals surface area contributed by atoms with E-state index in [1.165, 1.54) is 4.90 Å². The maximum absolute atomic E-state index is 10.8. The molecule has 4 heterocycles. The van der Waals surface area contributed by atoms with Gasteiger partial charge in [0.2, 0.25) is 5.95 Å². The van der Waals surface area contributed by atoms with Crippen molar-refractivity contribution in [3.8, 4) is 0 Å². The number of likely N-dealkylation sites (tertiary alicyclic amines) is 1. The van der Waals surface area contributed by atoms with Crippen molar-refractivity contribution in [3.05, 3.63) is 29.8 Å². The van der Waals surface area contributed by atoms with Crippen LogP contribution < -0.4 is 4.90 Å². The maximum Gasteiger partial charge on any atom is 0.323 e. The Kier molecular flexibility index (Phi) is 4.51. The van der Waals surface area contributed by atoms with Crippen LogP contribution in [-0.2, 0) is 22.7 Å². The van der Waals surface area contributed by atoms with Gasteiger partial charge < -0.3 is 14.7 Å². The van der Waals surface area contributed by atoms with Crippen molar-refractivity contribution < 1.29 is 14.6 Å². The molecule has 138 valence electrons. The van der Waals surface area contributed by atoms with Crippen molar-refractivity contribution in [1.29, 1.82) is 0 Å². The molecule has 0 bridgehead atoms. The lowest BCUT2D eigenvalue weighted by Gasteiger charge is -2.41. The van der Waals surface area contributed by atoms with Gasteiger partial charge in [-0.05, 0) is 6.42 Å². The average molecular weight is 359 g/mol. The molecule has 2 aromatic heterocycles. The van der Waals surface area contributed by atoms with Gasteiger partial charge in [-0.2, -0.15) is 0 Å². The molecule has 2 aromatic rings. The van der Waals surface area contributed by atoms with E-state index in [2.05, 4.69) is 25.2 Å². The molecule has 0 aliphatic carbocycles. The Morgan fingerprint density at radius 3 is 2.96 bits per heavy atom. The van der Waals surface area contributed by atoms with Gasteiger partial charge >= 0.3 is 5.97 Å². The van der Waals surface area contributed by atoms with Gasteiger partial charge in [0.1, 0.15) is 6.54 Å². The molecule has 0 saturated carbocycles. The molecular formula is C16H21N7O3. The molecule has 0 amide bonds. The summed E-state index contributed by atoms with van der Waals surface area (Å²) in [6, 6.07) is 0.178. The number of anilines is 1. The predicted octanol–water partition coefficient (Wildman–Crippen LogP) is -0.0653. The van der Waals surface area contributed by atoms with E-state index < -0.39 is 5.97 Å². The first-order valence-corrected chi connectivity index (χ1v) is 8.57. The Morgan fingerprint density at radius 1 is 1.38 bits per heavy atom. The van der Waals surface area contributed by atoms with E-state index in [-0.39, 0.29) is 18.7 Å². The molecule has 1 saturated heterocycles. The Labute approximate surface area is 150 Å². The fourth-order valence-electron chi connectivity index (χ4n) is 3.55. The number of aliphatic carboxylic acids is 1. The standard InChI is InChI=1S/C16H21N7O3/c1-21(9-15(24)25)16-17-4-11(5-18-16)7-22-3-2-14-13(8-22)23-12(10-26-14)6-19-20-23/h4-6,13-14H,2-3,7-10H2,1H3,(H,24,25)/t13-,14+/m1/s1. The Bertz CT molecular complexity index is 778. The number of likely N-dealkylation sites (N-methyl/N-ethyl adjacent to an activating group) is 1. The number of aromatic nitrogens is 5. The summed E-state index contributed by atoms with van der Waals surface area (Å²) in [6.45, 7) is 2.95. The van der Waals surface area contributed by atoms with Crippen LogP contribution in [0.4, 0.5) is 5.95 Å². The summed E-state index contributed by atoms with van der Waals surface area (Å²) in [5.41, 5.74) is 2.01. The minimum Gasteiger partial charge on any atom is -0.480 e. The van der Waals surface area contributed by atoms with Crippen LogP contribution in [0.5, 0.6) is 0 Å². The van der Waals surface area contributed by atoms with Crippen LogP contribution in [0.25, 0.3) is 0 Å². The Balaban J connectivity index is 1.40. The molecule has 10 nitrogen and oxygen atoms in total. The normalized spacial score (nSPS) is 22.5. The van der Waals surface area contributed by atoms with Crippen molar-refractivity contribution in [2.75, 3.05) is 31.6 Å². The van der Waals surface area contributed by atoms with E-state index in [0.29, 0.717) is 12.6 Å². The van der Waals surface area contributed by atoms with Crippen molar-refractivity contribution in [1.82, 2.24) is 29.9 Å². The molecule has 26 heavy (non-hydrogen) atoms. The van der Waals surface area contributed by atoms with Gasteiger partial charge in [-0.25, -0.2) is 14.6 Å². The van der Waals surface area contributed by atoms with Crippen LogP contribution in [0.3, 0.4) is 0 Å². The lowest BCUT2D eigenvalue weighted by molar-refractivity contribution is -0.135. The second-order valence-corrected chi connectivity index (χ2v) is 6.75. The van der Waals surface area contributed by atoms with Crippen molar-refractivity contribution in [3.63, 3.8) is 0 Å². The first-order chi connectivity index (χ1) is 12.6. The summed E-state index contributed by atoms with van der Waals surface area (Å²) in [7, 11) is 1.66. The van der Waals surface area contributed by atoms with E-state index in [0.717, 1.165) is 37.3 Å².